The minimum atomic E-state index is -4.05. The van der Waals surface area contributed by atoms with Gasteiger partial charge in [0.1, 0.15) is 12.4 Å². The molecule has 0 unspecified atom stereocenters. The van der Waals surface area contributed by atoms with E-state index in [1.807, 2.05) is 51.1 Å². The molecule has 34 heavy (non-hydrogen) atoms. The van der Waals surface area contributed by atoms with Gasteiger partial charge in [-0.15, -0.1) is 0 Å². The molecule has 1 amide bonds. The molecule has 1 aliphatic rings. The molecule has 0 radical (unpaired) electrons. The van der Waals surface area contributed by atoms with Crippen molar-refractivity contribution in [2.24, 2.45) is 10.9 Å². The van der Waals surface area contributed by atoms with Crippen LogP contribution in [-0.4, -0.2) is 56.4 Å². The van der Waals surface area contributed by atoms with Crippen LogP contribution < -0.4 is 5.32 Å². The number of carbonyl (C=O) groups excluding carboxylic acids is 2. The van der Waals surface area contributed by atoms with Crippen LogP contribution in [-0.2, 0) is 30.9 Å². The lowest BCUT2D eigenvalue weighted by Crippen LogP contribution is -2.51. The first-order valence-electron chi connectivity index (χ1n) is 10.9. The molecule has 2 atom stereocenters. The number of esters is 1. The summed E-state index contributed by atoms with van der Waals surface area (Å²) in [6, 6.07) is 13.7. The number of rotatable bonds is 8. The third-order valence-electron chi connectivity index (χ3n) is 5.40. The summed E-state index contributed by atoms with van der Waals surface area (Å²) < 4.78 is 38.2. The molecule has 2 aromatic rings. The predicted molar refractivity (Wildman–Crippen MR) is 127 cm³/mol. The van der Waals surface area contributed by atoms with E-state index in [-0.39, 0.29) is 29.8 Å². The summed E-state index contributed by atoms with van der Waals surface area (Å²) in [5, 5.41) is 2.72. The zero-order valence-corrected chi connectivity index (χ0v) is 20.4. The number of methoxy groups -OCH3 is 1. The largest absolute Gasteiger partial charge is 0.467 e. The number of nitrogens with one attached hydrogen (secondary N) is 1. The van der Waals surface area contributed by atoms with Crippen LogP contribution in [0.2, 0.25) is 0 Å². The monoisotopic (exact) mass is 487 g/mol. The van der Waals surface area contributed by atoms with Crippen molar-refractivity contribution in [2.45, 2.75) is 44.4 Å². The highest BCUT2D eigenvalue weighted by Gasteiger charge is 2.42. The number of aliphatic imine (C=N–C) groups is 1. The van der Waals surface area contributed by atoms with Gasteiger partial charge in [-0.1, -0.05) is 61.9 Å². The molecule has 0 saturated heterocycles. The second-order valence-electron chi connectivity index (χ2n) is 8.30. The van der Waals surface area contributed by atoms with Crippen molar-refractivity contribution in [1.29, 1.82) is 0 Å². The van der Waals surface area contributed by atoms with Crippen LogP contribution >= 0.6 is 0 Å². The highest BCUT2D eigenvalue weighted by molar-refractivity contribution is 7.89. The first kappa shape index (κ1) is 25.2. The molecule has 0 aliphatic carbocycles. The molecule has 1 aliphatic heterocycles. The van der Waals surface area contributed by atoms with E-state index in [1.54, 1.807) is 12.1 Å². The van der Waals surface area contributed by atoms with Crippen molar-refractivity contribution in [3.63, 3.8) is 0 Å². The van der Waals surface area contributed by atoms with Gasteiger partial charge in [-0.25, -0.2) is 22.3 Å². The van der Waals surface area contributed by atoms with Crippen molar-refractivity contribution in [3.05, 3.63) is 65.7 Å². The second-order valence-corrected chi connectivity index (χ2v) is 10.2. The van der Waals surface area contributed by atoms with E-state index in [4.69, 9.17) is 9.47 Å². The number of amidine groups is 1. The molecular formula is C24H29N3O6S. The lowest BCUT2D eigenvalue weighted by atomic mass is 10.0. The maximum absolute atomic E-state index is 13.5. The van der Waals surface area contributed by atoms with Gasteiger partial charge in [-0.2, -0.15) is 0 Å². The number of hydrogen-bond acceptors (Lipinski definition) is 7. The van der Waals surface area contributed by atoms with Gasteiger partial charge in [-0.05, 0) is 30.5 Å². The minimum absolute atomic E-state index is 0.0557. The summed E-state index contributed by atoms with van der Waals surface area (Å²) in [5.41, 5.74) is 1.72. The summed E-state index contributed by atoms with van der Waals surface area (Å²) in [6.45, 7) is 5.31. The molecule has 0 bridgehead atoms. The van der Waals surface area contributed by atoms with Gasteiger partial charge in [0.15, 0.2) is 6.04 Å². The molecule has 3 rings (SSSR count). The zero-order valence-electron chi connectivity index (χ0n) is 19.6. The number of carbonyl (C=O) groups is 2. The third-order valence-corrected chi connectivity index (χ3v) is 7.18. The highest BCUT2D eigenvalue weighted by atomic mass is 32.2. The van der Waals surface area contributed by atoms with Crippen molar-refractivity contribution >= 4 is 27.9 Å². The van der Waals surface area contributed by atoms with Crippen LogP contribution in [0.4, 0.5) is 4.79 Å². The van der Waals surface area contributed by atoms with Crippen LogP contribution in [0.1, 0.15) is 25.0 Å². The van der Waals surface area contributed by atoms with E-state index < -0.39 is 34.2 Å². The third kappa shape index (κ3) is 5.74. The predicted octanol–water partition coefficient (Wildman–Crippen LogP) is 2.89. The summed E-state index contributed by atoms with van der Waals surface area (Å²) in [5.74, 6) is -0.856. The lowest BCUT2D eigenvalue weighted by Gasteiger charge is -2.29. The molecule has 182 valence electrons. The van der Waals surface area contributed by atoms with Gasteiger partial charge in [0.25, 0.3) is 10.0 Å². The Morgan fingerprint density at radius 2 is 1.76 bits per heavy atom. The number of alkyl carbamates (subject to hydrolysis) is 1. The molecule has 10 heteroatoms. The molecule has 0 fully saturated rings. The molecule has 1 heterocycles. The van der Waals surface area contributed by atoms with Gasteiger partial charge in [0.05, 0.1) is 24.6 Å². The maximum atomic E-state index is 13.5. The fourth-order valence-corrected chi connectivity index (χ4v) is 4.97. The molecule has 9 nitrogen and oxygen atoms in total. The second kappa shape index (κ2) is 10.7. The maximum Gasteiger partial charge on any atom is 0.408 e. The number of amides is 1. The Morgan fingerprint density at radius 1 is 1.12 bits per heavy atom. The smallest absolute Gasteiger partial charge is 0.408 e. The van der Waals surface area contributed by atoms with Crippen molar-refractivity contribution < 1.29 is 27.5 Å². The van der Waals surface area contributed by atoms with Gasteiger partial charge in [0.2, 0.25) is 0 Å². The van der Waals surface area contributed by atoms with Crippen molar-refractivity contribution in [1.82, 2.24) is 9.62 Å². The SMILES string of the molecule is COC(=O)[C@@H]1CN(S(=O)(=O)c2ccc(C)cc2)C([C@@H](NC(=O)OCc2ccccc2)C(C)C)=N1. The van der Waals surface area contributed by atoms with Gasteiger partial charge in [-0.3, -0.25) is 4.99 Å². The topological polar surface area (TPSA) is 114 Å². The fraction of sp³-hybridized carbons (Fsp3) is 0.375. The van der Waals surface area contributed by atoms with Crippen LogP contribution in [0.5, 0.6) is 0 Å². The van der Waals surface area contributed by atoms with E-state index in [0.717, 1.165) is 15.4 Å². The Morgan fingerprint density at radius 3 is 2.35 bits per heavy atom. The zero-order chi connectivity index (χ0) is 24.9. The molecule has 2 aromatic carbocycles. The Hall–Kier alpha value is -3.40. The van der Waals surface area contributed by atoms with E-state index >= 15 is 0 Å². The number of nitrogens with zero attached hydrogens (tertiary/aromatic N) is 2. The number of aryl methyl sites for hydroxylation is 1. The number of hydrogen-bond donors (Lipinski definition) is 1. The quantitative estimate of drug-likeness (QED) is 0.573. The Bertz CT molecular complexity index is 1150. The molecule has 0 saturated carbocycles. The summed E-state index contributed by atoms with van der Waals surface area (Å²) >= 11 is 0. The van der Waals surface area contributed by atoms with Gasteiger partial charge in [0, 0.05) is 0 Å². The normalized spacial score (nSPS) is 16.7. The van der Waals surface area contributed by atoms with Crippen LogP contribution in [0.3, 0.4) is 0 Å². The summed E-state index contributed by atoms with van der Waals surface area (Å²) in [6.07, 6.45) is -0.723. The number of ether oxygens (including phenoxy) is 2. The highest BCUT2D eigenvalue weighted by Crippen LogP contribution is 2.25. The molecule has 0 spiro atoms. The summed E-state index contributed by atoms with van der Waals surface area (Å²) in [4.78, 5) is 29.2. The van der Waals surface area contributed by atoms with Gasteiger partial charge < -0.3 is 14.8 Å². The Balaban J connectivity index is 1.88. The lowest BCUT2D eigenvalue weighted by molar-refractivity contribution is -0.141. The van der Waals surface area contributed by atoms with Crippen LogP contribution in [0, 0.1) is 12.8 Å². The van der Waals surface area contributed by atoms with E-state index in [9.17, 15) is 18.0 Å². The first-order chi connectivity index (χ1) is 16.1. The van der Waals surface area contributed by atoms with Crippen molar-refractivity contribution in [2.75, 3.05) is 13.7 Å². The van der Waals surface area contributed by atoms with Crippen LogP contribution in [0.15, 0.2) is 64.5 Å². The average Bonchev–Trinajstić information content (AvgIpc) is 3.27. The van der Waals surface area contributed by atoms with E-state index in [1.165, 1.54) is 19.2 Å². The van der Waals surface area contributed by atoms with Gasteiger partial charge >= 0.3 is 12.1 Å². The number of benzene rings is 2. The van der Waals surface area contributed by atoms with Crippen LogP contribution in [0.25, 0.3) is 0 Å². The van der Waals surface area contributed by atoms with Crippen molar-refractivity contribution in [3.8, 4) is 0 Å². The fourth-order valence-electron chi connectivity index (χ4n) is 3.49. The summed E-state index contributed by atoms with van der Waals surface area (Å²) in [7, 11) is -2.83. The molecular weight excluding hydrogens is 458 g/mol. The van der Waals surface area contributed by atoms with E-state index in [0.29, 0.717) is 0 Å². The molecule has 0 aromatic heterocycles. The molecule has 1 N–H and O–H groups in total. The minimum Gasteiger partial charge on any atom is -0.467 e. The Kier molecular flexibility index (Phi) is 7.93. The average molecular weight is 488 g/mol. The van der Waals surface area contributed by atoms with E-state index in [2.05, 4.69) is 10.3 Å². The number of sulfonamides is 1. The standard InChI is InChI=1S/C24H29N3O6S/c1-16(2)21(26-24(29)33-15-18-8-6-5-7-9-18)22-25-20(23(28)32-4)14-27(22)34(30,31)19-12-10-17(3)11-13-19/h5-13,16,20-21H,14-15H2,1-4H3,(H,26,29)/t20-,21-/m0/s1. The first-order valence-corrected chi connectivity index (χ1v) is 12.3. The Labute approximate surface area is 199 Å².